The highest BCUT2D eigenvalue weighted by atomic mass is 32.2. The maximum Gasteiger partial charge on any atom is 0.250 e. The number of hydrogen-bond donors (Lipinski definition) is 1. The summed E-state index contributed by atoms with van der Waals surface area (Å²) in [4.78, 5) is 12.0. The average molecular weight is 401 g/mol. The second-order valence-corrected chi connectivity index (χ2v) is 7.19. The Morgan fingerprint density at radius 1 is 1.14 bits per heavy atom. The van der Waals surface area contributed by atoms with E-state index in [4.69, 9.17) is 9.47 Å². The van der Waals surface area contributed by atoms with Crippen molar-refractivity contribution in [2.24, 2.45) is 5.10 Å². The maximum absolute atomic E-state index is 12.0. The van der Waals surface area contributed by atoms with Crippen molar-refractivity contribution < 1.29 is 14.3 Å². The summed E-state index contributed by atoms with van der Waals surface area (Å²) in [5, 5.41) is 4.04. The van der Waals surface area contributed by atoms with Crippen LogP contribution in [0.5, 0.6) is 11.5 Å². The fourth-order valence-electron chi connectivity index (χ4n) is 2.44. The van der Waals surface area contributed by atoms with Crippen LogP contribution < -0.4 is 14.9 Å². The van der Waals surface area contributed by atoms with Gasteiger partial charge in [0.1, 0.15) is 0 Å². The third-order valence-electron chi connectivity index (χ3n) is 3.88. The van der Waals surface area contributed by atoms with Crippen LogP contribution in [0.25, 0.3) is 0 Å². The molecule has 0 bridgehead atoms. The van der Waals surface area contributed by atoms with E-state index in [0.717, 1.165) is 23.5 Å². The van der Waals surface area contributed by atoms with Crippen LogP contribution in [0.4, 0.5) is 0 Å². The summed E-state index contributed by atoms with van der Waals surface area (Å²) >= 11 is 1.57. The van der Waals surface area contributed by atoms with Crippen molar-refractivity contribution in [1.82, 2.24) is 5.43 Å². The summed E-state index contributed by atoms with van der Waals surface area (Å²) in [6.07, 6.45) is 2.54. The molecule has 1 amide bonds. The Hall–Kier alpha value is -2.47. The first-order valence-electron chi connectivity index (χ1n) is 9.47. The van der Waals surface area contributed by atoms with Crippen molar-refractivity contribution in [2.75, 3.05) is 19.0 Å². The van der Waals surface area contributed by atoms with Crippen LogP contribution in [0.3, 0.4) is 0 Å². The number of nitrogens with one attached hydrogen (secondary N) is 1. The number of benzene rings is 2. The van der Waals surface area contributed by atoms with Gasteiger partial charge < -0.3 is 9.47 Å². The zero-order valence-electron chi connectivity index (χ0n) is 16.7. The molecule has 5 nitrogen and oxygen atoms in total. The van der Waals surface area contributed by atoms with E-state index in [-0.39, 0.29) is 5.91 Å². The molecule has 0 saturated heterocycles. The first kappa shape index (κ1) is 21.8. The normalized spacial score (nSPS) is 10.8. The minimum absolute atomic E-state index is 0.122. The number of carbonyl (C=O) groups excluding carboxylic acids is 1. The Kier molecular flexibility index (Phi) is 9.42. The molecule has 0 unspecified atom stereocenters. The van der Waals surface area contributed by atoms with Crippen LogP contribution in [-0.4, -0.2) is 31.1 Å². The molecule has 1 N–H and O–H groups in total. The Morgan fingerprint density at radius 2 is 1.96 bits per heavy atom. The summed E-state index contributed by atoms with van der Waals surface area (Å²) in [5.74, 6) is 2.45. The summed E-state index contributed by atoms with van der Waals surface area (Å²) < 4.78 is 11.3. The maximum atomic E-state index is 12.0. The van der Waals surface area contributed by atoms with Crippen molar-refractivity contribution in [2.45, 2.75) is 32.9 Å². The molecule has 28 heavy (non-hydrogen) atoms. The van der Waals surface area contributed by atoms with Crippen LogP contribution in [0.2, 0.25) is 0 Å². The minimum atomic E-state index is -0.122. The molecular formula is C22H28N2O3S. The second-order valence-electron chi connectivity index (χ2n) is 6.20. The molecule has 0 spiro atoms. The number of aryl methyl sites for hydroxylation is 1. The van der Waals surface area contributed by atoms with Crippen molar-refractivity contribution in [3.63, 3.8) is 0 Å². The molecule has 2 rings (SSSR count). The fraction of sp³-hybridized carbons (Fsp3) is 0.364. The lowest BCUT2D eigenvalue weighted by atomic mass is 10.1. The molecule has 0 atom stereocenters. The zero-order chi connectivity index (χ0) is 20.2. The molecule has 2 aromatic rings. The van der Waals surface area contributed by atoms with Gasteiger partial charge in [0.05, 0.1) is 25.2 Å². The lowest BCUT2D eigenvalue weighted by molar-refractivity contribution is -0.118. The summed E-state index contributed by atoms with van der Waals surface area (Å²) in [5.41, 5.74) is 5.89. The van der Waals surface area contributed by atoms with E-state index in [0.29, 0.717) is 24.7 Å². The van der Waals surface area contributed by atoms with Gasteiger partial charge in [-0.15, -0.1) is 11.8 Å². The van der Waals surface area contributed by atoms with Crippen LogP contribution >= 0.6 is 11.8 Å². The largest absolute Gasteiger partial charge is 0.490 e. The highest BCUT2D eigenvalue weighted by Gasteiger charge is 2.06. The topological polar surface area (TPSA) is 59.9 Å². The van der Waals surface area contributed by atoms with Gasteiger partial charge in [-0.3, -0.25) is 4.79 Å². The van der Waals surface area contributed by atoms with Gasteiger partial charge in [0.15, 0.2) is 11.5 Å². The van der Waals surface area contributed by atoms with E-state index in [1.54, 1.807) is 18.0 Å². The lowest BCUT2D eigenvalue weighted by Gasteiger charge is -2.11. The molecule has 0 fully saturated rings. The van der Waals surface area contributed by atoms with Crippen molar-refractivity contribution in [1.29, 1.82) is 0 Å². The van der Waals surface area contributed by atoms with Gasteiger partial charge in [-0.1, -0.05) is 31.2 Å². The Balaban J connectivity index is 1.83. The molecule has 0 radical (unpaired) electrons. The smallest absolute Gasteiger partial charge is 0.250 e. The number of ether oxygens (including phenoxy) is 2. The molecule has 0 heterocycles. The second kappa shape index (κ2) is 12.1. The van der Waals surface area contributed by atoms with Gasteiger partial charge in [-0.25, -0.2) is 5.43 Å². The van der Waals surface area contributed by atoms with Gasteiger partial charge >= 0.3 is 0 Å². The molecule has 0 aliphatic carbocycles. The molecule has 0 aliphatic rings. The SMILES string of the molecule is CCCOc1ccc(/C=N/NC(=O)CSCc2ccccc2C)cc1OCC. The number of rotatable bonds is 11. The first-order chi connectivity index (χ1) is 13.6. The number of amides is 1. The quantitative estimate of drug-likeness (QED) is 0.443. The third kappa shape index (κ3) is 7.27. The summed E-state index contributed by atoms with van der Waals surface area (Å²) in [6, 6.07) is 13.8. The van der Waals surface area contributed by atoms with Crippen LogP contribution in [0, 0.1) is 6.92 Å². The number of hydrazone groups is 1. The predicted molar refractivity (Wildman–Crippen MR) is 116 cm³/mol. The van der Waals surface area contributed by atoms with E-state index < -0.39 is 0 Å². The Bertz CT molecular complexity index is 793. The molecule has 0 saturated carbocycles. The summed E-state index contributed by atoms with van der Waals surface area (Å²) in [7, 11) is 0. The van der Waals surface area contributed by atoms with E-state index in [9.17, 15) is 4.79 Å². The zero-order valence-corrected chi connectivity index (χ0v) is 17.6. The molecule has 150 valence electrons. The van der Waals surface area contributed by atoms with Gasteiger partial charge in [0, 0.05) is 5.75 Å². The predicted octanol–water partition coefficient (Wildman–Crippen LogP) is 4.57. The summed E-state index contributed by atoms with van der Waals surface area (Å²) in [6.45, 7) is 7.26. The van der Waals surface area contributed by atoms with Crippen molar-refractivity contribution >= 4 is 23.9 Å². The van der Waals surface area contributed by atoms with Gasteiger partial charge in [-0.05, 0) is 55.2 Å². The van der Waals surface area contributed by atoms with Crippen LogP contribution in [0.15, 0.2) is 47.6 Å². The highest BCUT2D eigenvalue weighted by Crippen LogP contribution is 2.28. The number of hydrogen-bond acceptors (Lipinski definition) is 5. The first-order valence-corrected chi connectivity index (χ1v) is 10.6. The monoisotopic (exact) mass is 400 g/mol. The van der Waals surface area contributed by atoms with E-state index >= 15 is 0 Å². The molecule has 2 aromatic carbocycles. The molecule has 0 aromatic heterocycles. The van der Waals surface area contributed by atoms with Gasteiger partial charge in [0.25, 0.3) is 0 Å². The number of thioether (sulfide) groups is 1. The van der Waals surface area contributed by atoms with Crippen LogP contribution in [-0.2, 0) is 10.5 Å². The highest BCUT2D eigenvalue weighted by molar-refractivity contribution is 7.99. The minimum Gasteiger partial charge on any atom is -0.490 e. The van der Waals surface area contributed by atoms with Gasteiger partial charge in [-0.2, -0.15) is 5.10 Å². The van der Waals surface area contributed by atoms with E-state index in [2.05, 4.69) is 36.5 Å². The van der Waals surface area contributed by atoms with E-state index in [1.807, 2.05) is 37.3 Å². The molecule has 6 heteroatoms. The van der Waals surface area contributed by atoms with Crippen LogP contribution in [0.1, 0.15) is 37.0 Å². The average Bonchev–Trinajstić information content (AvgIpc) is 2.69. The molecular weight excluding hydrogens is 372 g/mol. The van der Waals surface area contributed by atoms with Gasteiger partial charge in [0.2, 0.25) is 5.91 Å². The van der Waals surface area contributed by atoms with E-state index in [1.165, 1.54) is 11.1 Å². The number of nitrogens with zero attached hydrogens (tertiary/aromatic N) is 1. The standard InChI is InChI=1S/C22H28N2O3S/c1-4-12-27-20-11-10-18(13-21(20)26-5-2)14-23-24-22(25)16-28-15-19-9-7-6-8-17(19)3/h6-11,13-14H,4-5,12,15-16H2,1-3H3,(H,24,25)/b23-14+. The van der Waals surface area contributed by atoms with Crippen molar-refractivity contribution in [3.8, 4) is 11.5 Å². The third-order valence-corrected chi connectivity index (χ3v) is 4.87. The fourth-order valence-corrected chi connectivity index (χ4v) is 3.34. The van der Waals surface area contributed by atoms with Crippen molar-refractivity contribution in [3.05, 3.63) is 59.2 Å². The lowest BCUT2D eigenvalue weighted by Crippen LogP contribution is -2.19. The number of carbonyl (C=O) groups is 1. The Labute approximate surface area is 171 Å². The Morgan fingerprint density at radius 3 is 2.71 bits per heavy atom. The molecule has 0 aliphatic heterocycles.